The third kappa shape index (κ3) is 5.69. The summed E-state index contributed by atoms with van der Waals surface area (Å²) in [6, 6.07) is 10.7. The molecule has 154 valence electrons. The first-order valence-electron chi connectivity index (χ1n) is 9.26. The molecular formula is C21H21Cl2FN2O3. The van der Waals surface area contributed by atoms with Crippen LogP contribution >= 0.6 is 23.2 Å². The molecule has 1 heterocycles. The van der Waals surface area contributed by atoms with Crippen LogP contribution in [0.2, 0.25) is 10.0 Å². The van der Waals surface area contributed by atoms with Gasteiger partial charge >= 0.3 is 6.09 Å². The largest absolute Gasteiger partial charge is 0.440 e. The van der Waals surface area contributed by atoms with Crippen LogP contribution in [0.5, 0.6) is 0 Å². The summed E-state index contributed by atoms with van der Waals surface area (Å²) in [5, 5.41) is 0.777. The molecular weight excluding hydrogens is 418 g/mol. The van der Waals surface area contributed by atoms with Crippen molar-refractivity contribution in [1.82, 2.24) is 4.90 Å². The van der Waals surface area contributed by atoms with Crippen molar-refractivity contribution in [3.8, 4) is 0 Å². The van der Waals surface area contributed by atoms with E-state index in [1.165, 1.54) is 24.3 Å². The van der Waals surface area contributed by atoms with E-state index in [1.807, 2.05) is 0 Å². The van der Waals surface area contributed by atoms with Crippen LogP contribution in [0, 0.1) is 11.7 Å². The number of piperidine rings is 1. The quantitative estimate of drug-likeness (QED) is 0.653. The highest BCUT2D eigenvalue weighted by atomic mass is 35.5. The number of hydrogen-bond acceptors (Lipinski definition) is 4. The number of ketones is 1. The van der Waals surface area contributed by atoms with Gasteiger partial charge in [0.1, 0.15) is 11.9 Å². The fourth-order valence-electron chi connectivity index (χ4n) is 3.53. The monoisotopic (exact) mass is 438 g/mol. The van der Waals surface area contributed by atoms with Crippen LogP contribution in [0.4, 0.5) is 9.18 Å². The summed E-state index contributed by atoms with van der Waals surface area (Å²) in [5.41, 5.74) is 6.45. The Morgan fingerprint density at radius 3 is 2.34 bits per heavy atom. The average Bonchev–Trinajstić information content (AvgIpc) is 2.70. The summed E-state index contributed by atoms with van der Waals surface area (Å²) in [4.78, 5) is 26.1. The average molecular weight is 439 g/mol. The number of ether oxygens (including phenoxy) is 1. The van der Waals surface area contributed by atoms with Crippen molar-refractivity contribution in [2.75, 3.05) is 19.6 Å². The molecule has 0 aromatic heterocycles. The van der Waals surface area contributed by atoms with Gasteiger partial charge in [0.2, 0.25) is 0 Å². The van der Waals surface area contributed by atoms with Crippen molar-refractivity contribution < 1.29 is 18.7 Å². The summed E-state index contributed by atoms with van der Waals surface area (Å²) in [6.45, 7) is 1.76. The molecule has 2 aromatic rings. The number of carbonyl (C=O) groups excluding carboxylic acids is 2. The van der Waals surface area contributed by atoms with Gasteiger partial charge in [-0.3, -0.25) is 9.69 Å². The Labute approximate surface area is 178 Å². The van der Waals surface area contributed by atoms with Gasteiger partial charge in [0, 0.05) is 18.0 Å². The first-order valence-corrected chi connectivity index (χ1v) is 10.0. The lowest BCUT2D eigenvalue weighted by molar-refractivity contribution is 0.0598. The zero-order valence-corrected chi connectivity index (χ0v) is 17.1. The topological polar surface area (TPSA) is 72.6 Å². The predicted molar refractivity (Wildman–Crippen MR) is 110 cm³/mol. The Bertz CT molecular complexity index is 884. The standard InChI is InChI=1S/C21H21Cl2FN2O3/c22-17-6-3-15(11-18(17)23)19(29-21(25)28)12-26-9-7-14(8-10-26)20(27)13-1-4-16(24)5-2-13/h1-6,11,14,19H,7-10,12H2,(H2,25,28). The minimum atomic E-state index is -0.873. The lowest BCUT2D eigenvalue weighted by Crippen LogP contribution is -2.39. The molecule has 3 rings (SSSR count). The second-order valence-corrected chi connectivity index (χ2v) is 7.86. The number of benzene rings is 2. The van der Waals surface area contributed by atoms with Crippen molar-refractivity contribution in [2.24, 2.45) is 11.7 Å². The summed E-state index contributed by atoms with van der Waals surface area (Å²) in [6.07, 6.45) is -0.129. The summed E-state index contributed by atoms with van der Waals surface area (Å²) >= 11 is 12.0. The molecule has 0 aliphatic carbocycles. The van der Waals surface area contributed by atoms with Gasteiger partial charge in [-0.05, 0) is 67.9 Å². The zero-order chi connectivity index (χ0) is 21.0. The van der Waals surface area contributed by atoms with E-state index < -0.39 is 12.2 Å². The molecule has 1 saturated heterocycles. The molecule has 2 N–H and O–H groups in total. The Balaban J connectivity index is 1.62. The Hall–Kier alpha value is -2.15. The molecule has 0 saturated carbocycles. The fourth-order valence-corrected chi connectivity index (χ4v) is 3.83. The maximum Gasteiger partial charge on any atom is 0.405 e. The Kier molecular flexibility index (Phi) is 7.11. The number of hydrogen-bond donors (Lipinski definition) is 1. The number of primary amides is 1. The number of Topliss-reactive ketones (excluding diaryl/α,β-unsaturated/α-hetero) is 1. The van der Waals surface area contributed by atoms with Gasteiger partial charge in [0.15, 0.2) is 5.78 Å². The van der Waals surface area contributed by atoms with Gasteiger partial charge in [-0.2, -0.15) is 0 Å². The van der Waals surface area contributed by atoms with Crippen LogP contribution in [0.25, 0.3) is 0 Å². The predicted octanol–water partition coefficient (Wildman–Crippen LogP) is 4.86. The van der Waals surface area contributed by atoms with Crippen LogP contribution < -0.4 is 5.73 Å². The minimum Gasteiger partial charge on any atom is -0.440 e. The molecule has 1 amide bonds. The molecule has 5 nitrogen and oxygen atoms in total. The number of nitrogens with two attached hydrogens (primary N) is 1. The molecule has 1 aliphatic heterocycles. The van der Waals surface area contributed by atoms with Crippen molar-refractivity contribution in [3.05, 3.63) is 69.5 Å². The number of amides is 1. The summed E-state index contributed by atoms with van der Waals surface area (Å²) in [5.74, 6) is -0.449. The second-order valence-electron chi connectivity index (χ2n) is 7.05. The molecule has 8 heteroatoms. The molecule has 2 aromatic carbocycles. The van der Waals surface area contributed by atoms with Crippen molar-refractivity contribution in [2.45, 2.75) is 18.9 Å². The molecule has 1 fully saturated rings. The SMILES string of the molecule is NC(=O)OC(CN1CCC(C(=O)c2ccc(F)cc2)CC1)c1ccc(Cl)c(Cl)c1. The molecule has 0 spiro atoms. The van der Waals surface area contributed by atoms with Crippen molar-refractivity contribution in [3.63, 3.8) is 0 Å². The van der Waals surface area contributed by atoms with E-state index in [0.29, 0.717) is 53.6 Å². The van der Waals surface area contributed by atoms with E-state index in [9.17, 15) is 14.0 Å². The molecule has 0 bridgehead atoms. The lowest BCUT2D eigenvalue weighted by Gasteiger charge is -2.33. The van der Waals surface area contributed by atoms with Gasteiger partial charge in [0.25, 0.3) is 0 Å². The molecule has 1 atom stereocenters. The van der Waals surface area contributed by atoms with E-state index in [0.717, 1.165) is 0 Å². The van der Waals surface area contributed by atoms with Crippen LogP contribution in [-0.4, -0.2) is 36.4 Å². The lowest BCUT2D eigenvalue weighted by atomic mass is 9.88. The Morgan fingerprint density at radius 1 is 1.10 bits per heavy atom. The third-order valence-corrected chi connectivity index (χ3v) is 5.82. The maximum absolute atomic E-state index is 13.1. The number of rotatable bonds is 6. The second kappa shape index (κ2) is 9.57. The number of likely N-dealkylation sites (tertiary alicyclic amines) is 1. The van der Waals surface area contributed by atoms with E-state index in [1.54, 1.807) is 18.2 Å². The van der Waals surface area contributed by atoms with Gasteiger partial charge < -0.3 is 10.5 Å². The molecule has 1 unspecified atom stereocenters. The highest BCUT2D eigenvalue weighted by Gasteiger charge is 2.28. The van der Waals surface area contributed by atoms with Crippen LogP contribution in [0.15, 0.2) is 42.5 Å². The maximum atomic E-state index is 13.1. The zero-order valence-electron chi connectivity index (χ0n) is 15.6. The fraction of sp³-hybridized carbons (Fsp3) is 0.333. The van der Waals surface area contributed by atoms with E-state index >= 15 is 0 Å². The van der Waals surface area contributed by atoms with Gasteiger partial charge in [-0.15, -0.1) is 0 Å². The molecule has 1 aliphatic rings. The number of carbonyl (C=O) groups is 2. The summed E-state index contributed by atoms with van der Waals surface area (Å²) < 4.78 is 18.3. The highest BCUT2D eigenvalue weighted by molar-refractivity contribution is 6.42. The molecule has 29 heavy (non-hydrogen) atoms. The first-order chi connectivity index (χ1) is 13.8. The van der Waals surface area contributed by atoms with Crippen LogP contribution in [-0.2, 0) is 4.74 Å². The smallest absolute Gasteiger partial charge is 0.405 e. The van der Waals surface area contributed by atoms with E-state index in [-0.39, 0.29) is 17.5 Å². The summed E-state index contributed by atoms with van der Waals surface area (Å²) in [7, 11) is 0. The van der Waals surface area contributed by atoms with E-state index in [4.69, 9.17) is 33.7 Å². The van der Waals surface area contributed by atoms with Gasteiger partial charge in [0.05, 0.1) is 10.0 Å². The van der Waals surface area contributed by atoms with Crippen LogP contribution in [0.3, 0.4) is 0 Å². The Morgan fingerprint density at radius 2 is 1.76 bits per heavy atom. The van der Waals surface area contributed by atoms with Crippen molar-refractivity contribution in [1.29, 1.82) is 0 Å². The van der Waals surface area contributed by atoms with Crippen molar-refractivity contribution >= 4 is 35.1 Å². The van der Waals surface area contributed by atoms with Gasteiger partial charge in [-0.1, -0.05) is 29.3 Å². The van der Waals surface area contributed by atoms with Crippen LogP contribution in [0.1, 0.15) is 34.9 Å². The minimum absolute atomic E-state index is 0.0269. The number of nitrogens with zero attached hydrogens (tertiary/aromatic N) is 1. The third-order valence-electron chi connectivity index (χ3n) is 5.08. The highest BCUT2D eigenvalue weighted by Crippen LogP contribution is 2.29. The van der Waals surface area contributed by atoms with Gasteiger partial charge in [-0.25, -0.2) is 9.18 Å². The molecule has 0 radical (unpaired) electrons. The normalized spacial score (nSPS) is 16.4. The first kappa shape index (κ1) is 21.6. The number of halogens is 3. The van der Waals surface area contributed by atoms with E-state index in [2.05, 4.69) is 4.90 Å².